The van der Waals surface area contributed by atoms with Gasteiger partial charge in [0, 0.05) is 46.6 Å². The third kappa shape index (κ3) is 4.84. The van der Waals surface area contributed by atoms with Crippen molar-refractivity contribution >= 4 is 51.9 Å². The number of carbonyl (C=O) groups excluding carboxylic acids is 3. The maximum Gasteiger partial charge on any atom is 0.270 e. The first-order chi connectivity index (χ1) is 16.8. The highest BCUT2D eigenvalue weighted by Gasteiger charge is 2.31. The molecule has 0 radical (unpaired) electrons. The van der Waals surface area contributed by atoms with Crippen LogP contribution in [0.5, 0.6) is 0 Å². The summed E-state index contributed by atoms with van der Waals surface area (Å²) < 4.78 is 0. The van der Waals surface area contributed by atoms with Crippen LogP contribution in [0, 0.1) is 20.2 Å². The second-order valence-corrected chi connectivity index (χ2v) is 8.35. The number of benzene rings is 3. The van der Waals surface area contributed by atoms with Gasteiger partial charge in [-0.2, -0.15) is 0 Å². The summed E-state index contributed by atoms with van der Waals surface area (Å²) in [6.07, 6.45) is 0. The standard InChI is InChI=1S/C24H15N3O7S/c28-20(14-5-3-7-16(11-14)26(31)32)13-35-23(21-18-9-1-2-10-19(18)25-24(21)30)22(29)15-6-4-8-17(12-15)27(33)34/h1-12H,13H2,(H,25,30)/b23-21-. The molecule has 1 aliphatic rings. The third-order valence-electron chi connectivity index (χ3n) is 5.15. The molecule has 0 saturated carbocycles. The van der Waals surface area contributed by atoms with E-state index < -0.39 is 27.3 Å². The SMILES string of the molecule is O=C1Nc2ccccc2/C1=C(/SCC(=O)c1cccc([N+](=O)[O-])c1)C(=O)c1cccc([N+](=O)[O-])c1. The van der Waals surface area contributed by atoms with Crippen molar-refractivity contribution in [3.63, 3.8) is 0 Å². The number of Topliss-reactive ketones (excluding diaryl/α,β-unsaturated/α-hetero) is 2. The first kappa shape index (κ1) is 23.5. The van der Waals surface area contributed by atoms with Crippen LogP contribution in [0.3, 0.4) is 0 Å². The van der Waals surface area contributed by atoms with E-state index in [4.69, 9.17) is 0 Å². The number of nitro groups is 2. The molecule has 0 spiro atoms. The molecule has 0 unspecified atom stereocenters. The highest BCUT2D eigenvalue weighted by Crippen LogP contribution is 2.39. The molecule has 3 aromatic rings. The number of thioether (sulfide) groups is 1. The van der Waals surface area contributed by atoms with Crippen molar-refractivity contribution in [2.45, 2.75) is 0 Å². The van der Waals surface area contributed by atoms with Crippen LogP contribution in [-0.4, -0.2) is 33.1 Å². The molecular formula is C24H15N3O7S. The summed E-state index contributed by atoms with van der Waals surface area (Å²) in [5.74, 6) is -1.99. The van der Waals surface area contributed by atoms with Crippen molar-refractivity contribution in [2.75, 3.05) is 11.1 Å². The van der Waals surface area contributed by atoms with Gasteiger partial charge in [-0.15, -0.1) is 11.8 Å². The fraction of sp³-hybridized carbons (Fsp3) is 0.0417. The van der Waals surface area contributed by atoms with Crippen molar-refractivity contribution in [3.05, 3.63) is 115 Å². The largest absolute Gasteiger partial charge is 0.321 e. The molecule has 3 aromatic carbocycles. The zero-order valence-electron chi connectivity index (χ0n) is 17.8. The minimum Gasteiger partial charge on any atom is -0.321 e. The topological polar surface area (TPSA) is 150 Å². The number of nitrogens with zero attached hydrogens (tertiary/aromatic N) is 2. The van der Waals surface area contributed by atoms with Crippen LogP contribution < -0.4 is 5.32 Å². The molecule has 4 rings (SSSR count). The molecule has 10 nitrogen and oxygen atoms in total. The van der Waals surface area contributed by atoms with Gasteiger partial charge >= 0.3 is 0 Å². The molecule has 35 heavy (non-hydrogen) atoms. The van der Waals surface area contributed by atoms with Crippen LogP contribution in [-0.2, 0) is 4.79 Å². The highest BCUT2D eigenvalue weighted by molar-refractivity contribution is 8.04. The molecule has 0 saturated heterocycles. The van der Waals surface area contributed by atoms with Gasteiger partial charge in [0.1, 0.15) is 0 Å². The maximum atomic E-state index is 13.5. The number of non-ortho nitro benzene ring substituents is 2. The number of hydrogen-bond donors (Lipinski definition) is 1. The number of fused-ring (bicyclic) bond motifs is 1. The zero-order valence-corrected chi connectivity index (χ0v) is 18.6. The van der Waals surface area contributed by atoms with E-state index in [1.807, 2.05) is 0 Å². The number of anilines is 1. The quantitative estimate of drug-likeness (QED) is 0.208. The Morgan fingerprint density at radius 2 is 1.43 bits per heavy atom. The number of para-hydroxylation sites is 1. The summed E-state index contributed by atoms with van der Waals surface area (Å²) in [6, 6.07) is 17.0. The molecular weight excluding hydrogens is 474 g/mol. The summed E-state index contributed by atoms with van der Waals surface area (Å²) in [5, 5.41) is 24.9. The predicted molar refractivity (Wildman–Crippen MR) is 129 cm³/mol. The molecule has 0 aromatic heterocycles. The molecule has 1 aliphatic heterocycles. The van der Waals surface area contributed by atoms with E-state index in [9.17, 15) is 34.6 Å². The lowest BCUT2D eigenvalue weighted by molar-refractivity contribution is -0.385. The number of nitrogens with one attached hydrogen (secondary N) is 1. The van der Waals surface area contributed by atoms with Gasteiger partial charge in [-0.25, -0.2) is 0 Å². The van der Waals surface area contributed by atoms with E-state index in [0.717, 1.165) is 23.9 Å². The van der Waals surface area contributed by atoms with E-state index in [2.05, 4.69) is 5.32 Å². The van der Waals surface area contributed by atoms with Gasteiger partial charge < -0.3 is 5.32 Å². The summed E-state index contributed by atoms with van der Waals surface area (Å²) >= 11 is 0.801. The van der Waals surface area contributed by atoms with Crippen molar-refractivity contribution in [2.24, 2.45) is 0 Å². The Morgan fingerprint density at radius 1 is 0.829 bits per heavy atom. The number of carbonyl (C=O) groups is 3. The summed E-state index contributed by atoms with van der Waals surface area (Å²) in [6.45, 7) is 0. The van der Waals surface area contributed by atoms with E-state index in [1.165, 1.54) is 36.4 Å². The van der Waals surface area contributed by atoms with Crippen LogP contribution >= 0.6 is 11.8 Å². The molecule has 0 atom stereocenters. The second kappa shape index (κ2) is 9.69. The van der Waals surface area contributed by atoms with Gasteiger partial charge in [-0.1, -0.05) is 42.5 Å². The third-order valence-corrected chi connectivity index (χ3v) is 6.24. The van der Waals surface area contributed by atoms with Gasteiger partial charge in [-0.05, 0) is 6.07 Å². The Morgan fingerprint density at radius 3 is 2.09 bits per heavy atom. The average molecular weight is 489 g/mol. The minimum atomic E-state index is -0.660. The number of hydrogen-bond acceptors (Lipinski definition) is 8. The number of allylic oxidation sites excluding steroid dienone is 1. The van der Waals surface area contributed by atoms with Crippen LogP contribution in [0.1, 0.15) is 26.3 Å². The summed E-state index contributed by atoms with van der Waals surface area (Å²) in [7, 11) is 0. The Bertz CT molecular complexity index is 1450. The van der Waals surface area contributed by atoms with Crippen LogP contribution in [0.15, 0.2) is 77.7 Å². The summed E-state index contributed by atoms with van der Waals surface area (Å²) in [5.41, 5.74) is 0.507. The molecule has 11 heteroatoms. The number of rotatable bonds is 8. The Hall–Kier alpha value is -4.64. The summed E-state index contributed by atoms with van der Waals surface area (Å²) in [4.78, 5) is 60.0. The van der Waals surface area contributed by atoms with Crippen molar-refractivity contribution < 1.29 is 24.2 Å². The van der Waals surface area contributed by atoms with E-state index in [-0.39, 0.29) is 38.7 Å². The first-order valence-corrected chi connectivity index (χ1v) is 11.1. The Balaban J connectivity index is 1.74. The van der Waals surface area contributed by atoms with E-state index in [0.29, 0.717) is 11.3 Å². The lowest BCUT2D eigenvalue weighted by Gasteiger charge is -2.10. The average Bonchev–Trinajstić information content (AvgIpc) is 3.19. The molecule has 1 amide bonds. The molecule has 0 bridgehead atoms. The second-order valence-electron chi connectivity index (χ2n) is 7.36. The van der Waals surface area contributed by atoms with Crippen LogP contribution in [0.25, 0.3) is 5.57 Å². The van der Waals surface area contributed by atoms with Crippen molar-refractivity contribution in [1.29, 1.82) is 0 Å². The zero-order chi connectivity index (χ0) is 25.1. The van der Waals surface area contributed by atoms with Crippen LogP contribution in [0.4, 0.5) is 17.1 Å². The molecule has 174 valence electrons. The predicted octanol–water partition coefficient (Wildman–Crippen LogP) is 4.67. The number of nitro benzene ring substituents is 2. The normalized spacial score (nSPS) is 13.5. The van der Waals surface area contributed by atoms with E-state index in [1.54, 1.807) is 24.3 Å². The van der Waals surface area contributed by atoms with Gasteiger partial charge in [-0.3, -0.25) is 34.6 Å². The van der Waals surface area contributed by atoms with E-state index >= 15 is 0 Å². The number of ketones is 2. The van der Waals surface area contributed by atoms with Gasteiger partial charge in [0.25, 0.3) is 17.3 Å². The van der Waals surface area contributed by atoms with Gasteiger partial charge in [0.2, 0.25) is 0 Å². The highest BCUT2D eigenvalue weighted by atomic mass is 32.2. The van der Waals surface area contributed by atoms with Crippen molar-refractivity contribution in [3.8, 4) is 0 Å². The van der Waals surface area contributed by atoms with Gasteiger partial charge in [0.15, 0.2) is 11.6 Å². The smallest absolute Gasteiger partial charge is 0.270 e. The lowest BCUT2D eigenvalue weighted by atomic mass is 10.0. The fourth-order valence-corrected chi connectivity index (χ4v) is 4.54. The molecule has 1 N–H and O–H groups in total. The number of amides is 1. The lowest BCUT2D eigenvalue weighted by Crippen LogP contribution is -2.12. The molecule has 0 fully saturated rings. The fourth-order valence-electron chi connectivity index (χ4n) is 3.50. The minimum absolute atomic E-state index is 0.0193. The monoisotopic (exact) mass is 489 g/mol. The van der Waals surface area contributed by atoms with Crippen LogP contribution in [0.2, 0.25) is 0 Å². The van der Waals surface area contributed by atoms with Crippen molar-refractivity contribution in [1.82, 2.24) is 0 Å². The Labute approximate surface area is 202 Å². The maximum absolute atomic E-state index is 13.5. The molecule has 0 aliphatic carbocycles. The molecule has 1 heterocycles. The van der Waals surface area contributed by atoms with Gasteiger partial charge in [0.05, 0.1) is 26.1 Å². The Kier molecular flexibility index (Phi) is 6.51. The first-order valence-electron chi connectivity index (χ1n) is 10.1.